The summed E-state index contributed by atoms with van der Waals surface area (Å²) >= 11 is 0. The van der Waals surface area contributed by atoms with E-state index in [9.17, 15) is 15.0 Å². The number of esters is 1. The normalized spacial score (nSPS) is 43.8. The van der Waals surface area contributed by atoms with Crippen molar-refractivity contribution in [3.63, 3.8) is 0 Å². The molecule has 5 fully saturated rings. The third kappa shape index (κ3) is 5.10. The van der Waals surface area contributed by atoms with Gasteiger partial charge in [-0.2, -0.15) is 0 Å². The number of oxime groups is 1. The largest absolute Gasteiger partial charge is 0.508 e. The number of rotatable bonds is 2. The molecule has 6 nitrogen and oxygen atoms in total. The van der Waals surface area contributed by atoms with Gasteiger partial charge in [-0.1, -0.05) is 42.5 Å². The highest BCUT2D eigenvalue weighted by Crippen LogP contribution is 2.67. The number of ether oxygens (including phenoxy) is 1. The van der Waals surface area contributed by atoms with E-state index >= 15 is 0 Å². The first kappa shape index (κ1) is 34.2. The van der Waals surface area contributed by atoms with Crippen LogP contribution in [0.15, 0.2) is 35.0 Å². The molecule has 0 unspecified atom stereocenters. The molecule has 1 aromatic carbocycles. The first-order valence-electron chi connectivity index (χ1n) is 19.1. The topological polar surface area (TPSA) is 99.3 Å². The van der Waals surface area contributed by atoms with Crippen LogP contribution in [-0.2, 0) is 16.0 Å². The third-order valence-electron chi connectivity index (χ3n) is 15.5. The van der Waals surface area contributed by atoms with Crippen molar-refractivity contribution in [2.24, 2.45) is 51.5 Å². The molecule has 0 aliphatic heterocycles. The second-order valence-corrected chi connectivity index (χ2v) is 16.9. The predicted octanol–water partition coefficient (Wildman–Crippen LogP) is 8.33. The van der Waals surface area contributed by atoms with Crippen molar-refractivity contribution in [2.45, 2.75) is 134 Å². The lowest BCUT2D eigenvalue weighted by Crippen LogP contribution is -2.55. The number of terminal acetylenes is 2. The second-order valence-electron chi connectivity index (χ2n) is 16.9. The number of phenols is 1. The molecule has 0 saturated heterocycles. The van der Waals surface area contributed by atoms with Crippen molar-refractivity contribution in [1.82, 2.24) is 0 Å². The Morgan fingerprint density at radius 2 is 1.69 bits per heavy atom. The van der Waals surface area contributed by atoms with Crippen molar-refractivity contribution < 1.29 is 25.0 Å². The molecule has 1 aromatic rings. The average Bonchev–Trinajstić information content (AvgIpc) is 3.59. The highest BCUT2D eigenvalue weighted by atomic mass is 16.6. The summed E-state index contributed by atoms with van der Waals surface area (Å²) in [5.41, 5.74) is 3.23. The van der Waals surface area contributed by atoms with Gasteiger partial charge in [-0.3, -0.25) is 4.79 Å². The van der Waals surface area contributed by atoms with E-state index in [4.69, 9.17) is 22.8 Å². The molecule has 0 spiro atoms. The Kier molecular flexibility index (Phi) is 8.75. The number of hydrogen-bond donors (Lipinski definition) is 3. The number of nitrogens with zero attached hydrogens (tertiary/aromatic N) is 1. The maximum Gasteiger partial charge on any atom is 0.304 e. The SMILES string of the molecule is C#C[C@]1(O)CC[C@H]2[C@@H]3CCc4cc(O)ccc4[C@H]3CC[C@@]21C.C#C[C@]1(OC(C)=O)CC[C@H]2[C@@H]3CCC4=C/C(=N\O)CC[C@@H]4[C@H]3CC[C@@]21CC. The zero-order chi connectivity index (χ0) is 34.8. The van der Waals surface area contributed by atoms with Crippen LogP contribution in [0.1, 0.15) is 128 Å². The number of carbonyl (C=O) groups excluding carboxylic acids is 1. The molecular weight excluding hydrogens is 610 g/mol. The van der Waals surface area contributed by atoms with Crippen molar-refractivity contribution >= 4 is 11.7 Å². The molecule has 49 heavy (non-hydrogen) atoms. The second kappa shape index (κ2) is 12.5. The molecule has 0 aromatic heterocycles. The number of allylic oxidation sites excluding steroid dienone is 2. The lowest BCUT2D eigenvalue weighted by atomic mass is 9.49. The fraction of sp³-hybridized carbons (Fsp3) is 0.674. The fourth-order valence-electron chi connectivity index (χ4n) is 13.3. The van der Waals surface area contributed by atoms with Crippen LogP contribution < -0.4 is 0 Å². The lowest BCUT2D eigenvalue weighted by molar-refractivity contribution is -0.170. The van der Waals surface area contributed by atoms with Crippen LogP contribution >= 0.6 is 0 Å². The van der Waals surface area contributed by atoms with E-state index in [0.29, 0.717) is 47.2 Å². The summed E-state index contributed by atoms with van der Waals surface area (Å²) in [5.74, 6) is 10.1. The molecule has 0 radical (unpaired) electrons. The molecule has 6 heteroatoms. The number of hydrogen-bond acceptors (Lipinski definition) is 6. The van der Waals surface area contributed by atoms with E-state index in [-0.39, 0.29) is 16.8 Å². The zero-order valence-corrected chi connectivity index (χ0v) is 29.7. The number of aryl methyl sites for hydroxylation is 1. The maximum absolute atomic E-state index is 11.9. The molecule has 7 aliphatic rings. The van der Waals surface area contributed by atoms with Crippen LogP contribution in [-0.4, -0.2) is 38.3 Å². The monoisotopic (exact) mass is 665 g/mol. The average molecular weight is 666 g/mol. The van der Waals surface area contributed by atoms with E-state index in [1.165, 1.54) is 30.0 Å². The van der Waals surface area contributed by atoms with Gasteiger partial charge in [0.1, 0.15) is 11.4 Å². The van der Waals surface area contributed by atoms with Crippen LogP contribution in [0.25, 0.3) is 0 Å². The molecule has 262 valence electrons. The van der Waals surface area contributed by atoms with Gasteiger partial charge in [0.05, 0.1) is 5.71 Å². The molecule has 7 aliphatic carbocycles. The Balaban J connectivity index is 0.000000157. The van der Waals surface area contributed by atoms with Crippen molar-refractivity contribution in [1.29, 1.82) is 0 Å². The molecule has 11 atom stereocenters. The summed E-state index contributed by atoms with van der Waals surface area (Å²) in [4.78, 5) is 11.9. The van der Waals surface area contributed by atoms with Gasteiger partial charge in [0, 0.05) is 17.8 Å². The molecule has 3 N–H and O–H groups in total. The standard InChI is InChI=1S/C23H31NO3.C20H24O2/c1-4-22-12-10-19-18-9-7-17(24-26)14-16(18)6-8-20(19)21(22)11-13-23(22,5-2)27-15(3)25;1-3-20(22)11-9-18-17-6-4-13-12-14(21)5-7-15(13)16(17)8-10-19(18,20)2/h2,14,18-21,26H,4,6-13H2,1,3H3;1,5,7,12,16-18,21-22H,4,6,8-11H2,2H3/b24-17-;/t18-,19+,20+,21-,22-,23-;16-,17-,18+,19+,20+/m01/s1. The van der Waals surface area contributed by atoms with E-state index in [1.807, 2.05) is 12.1 Å². The number of aromatic hydroxyl groups is 1. The van der Waals surface area contributed by atoms with E-state index in [0.717, 1.165) is 95.6 Å². The Hall–Kier alpha value is -3.22. The zero-order valence-electron chi connectivity index (χ0n) is 29.7. The van der Waals surface area contributed by atoms with Gasteiger partial charge in [-0.25, -0.2) is 0 Å². The van der Waals surface area contributed by atoms with Crippen molar-refractivity contribution in [2.75, 3.05) is 0 Å². The van der Waals surface area contributed by atoms with Gasteiger partial charge < -0.3 is 20.2 Å². The minimum absolute atomic E-state index is 0.0673. The quantitative estimate of drug-likeness (QED) is 0.128. The molecule has 5 saturated carbocycles. The van der Waals surface area contributed by atoms with Gasteiger partial charge in [0.25, 0.3) is 0 Å². The smallest absolute Gasteiger partial charge is 0.304 e. The van der Waals surface area contributed by atoms with Crippen LogP contribution in [0.4, 0.5) is 0 Å². The lowest BCUT2D eigenvalue weighted by Gasteiger charge is -2.56. The van der Waals surface area contributed by atoms with Gasteiger partial charge in [-0.05, 0) is 167 Å². The molecule has 0 amide bonds. The summed E-state index contributed by atoms with van der Waals surface area (Å²) in [5, 5.41) is 33.2. The van der Waals surface area contributed by atoms with E-state index < -0.39 is 11.2 Å². The van der Waals surface area contributed by atoms with Crippen molar-refractivity contribution in [3.05, 3.63) is 41.0 Å². The summed E-state index contributed by atoms with van der Waals surface area (Å²) in [6.45, 7) is 5.93. The number of phenolic OH excluding ortho intramolecular Hbond substituents is 1. The third-order valence-corrected chi connectivity index (χ3v) is 15.5. The Labute approximate surface area is 293 Å². The minimum Gasteiger partial charge on any atom is -0.508 e. The molecule has 0 heterocycles. The minimum atomic E-state index is -0.919. The Morgan fingerprint density at radius 3 is 2.41 bits per heavy atom. The van der Waals surface area contributed by atoms with Crippen LogP contribution in [0.2, 0.25) is 0 Å². The number of aliphatic hydroxyl groups is 1. The summed E-state index contributed by atoms with van der Waals surface area (Å²) < 4.78 is 5.90. The van der Waals surface area contributed by atoms with Gasteiger partial charge in [0.15, 0.2) is 5.60 Å². The summed E-state index contributed by atoms with van der Waals surface area (Å²) in [6, 6.07) is 5.87. The molecule has 8 rings (SSSR count). The van der Waals surface area contributed by atoms with Gasteiger partial charge in [-0.15, -0.1) is 12.8 Å². The van der Waals surface area contributed by atoms with Crippen LogP contribution in [0.3, 0.4) is 0 Å². The van der Waals surface area contributed by atoms with Gasteiger partial charge >= 0.3 is 5.97 Å². The van der Waals surface area contributed by atoms with Crippen LogP contribution in [0.5, 0.6) is 5.75 Å². The maximum atomic E-state index is 11.9. The summed E-state index contributed by atoms with van der Waals surface area (Å²) in [6.07, 6.45) is 29.2. The predicted molar refractivity (Wildman–Crippen MR) is 191 cm³/mol. The van der Waals surface area contributed by atoms with Crippen LogP contribution in [0, 0.1) is 71.0 Å². The first-order valence-corrected chi connectivity index (χ1v) is 19.1. The summed E-state index contributed by atoms with van der Waals surface area (Å²) in [7, 11) is 0. The number of carbonyl (C=O) groups is 1. The highest BCUT2D eigenvalue weighted by Gasteiger charge is 2.66. The number of fused-ring (bicyclic) bond motifs is 10. The number of benzene rings is 1. The Morgan fingerprint density at radius 1 is 0.918 bits per heavy atom. The van der Waals surface area contributed by atoms with Gasteiger partial charge in [0.2, 0.25) is 0 Å². The Bertz CT molecular complexity index is 1630. The van der Waals surface area contributed by atoms with Crippen molar-refractivity contribution in [3.8, 4) is 30.4 Å². The van der Waals surface area contributed by atoms with E-state index in [1.54, 1.807) is 0 Å². The molecular formula is C43H55NO5. The first-order chi connectivity index (χ1) is 23.5. The fourth-order valence-corrected chi connectivity index (χ4v) is 13.3. The highest BCUT2D eigenvalue weighted by molar-refractivity contribution is 5.96. The van der Waals surface area contributed by atoms with E-state index in [2.05, 4.69) is 43.0 Å². The molecule has 0 bridgehead atoms.